The van der Waals surface area contributed by atoms with Gasteiger partial charge in [0.05, 0.1) is 11.3 Å². The van der Waals surface area contributed by atoms with Crippen molar-refractivity contribution in [3.8, 4) is 11.1 Å². The predicted octanol–water partition coefficient (Wildman–Crippen LogP) is 19.8. The van der Waals surface area contributed by atoms with E-state index in [1.54, 1.807) is 83.8 Å². The van der Waals surface area contributed by atoms with Crippen LogP contribution in [0.25, 0.3) is 21.9 Å². The van der Waals surface area contributed by atoms with E-state index in [-0.39, 0.29) is 35.0 Å². The first-order chi connectivity index (χ1) is 54.9. The second-order valence-electron chi connectivity index (χ2n) is 28.7. The SMILES string of the molecule is CCCC(=O)c1cc(F)c(N2CCN(C(=O)c3ccccc3F)CC2)cc1C.Cc1ccc(C(=O)NC2=NC=C(CCCc3ccc4ccccc4c3)C2)cc1.Cc1ccc(CCC(=O)C2CCN(Cc3ccccc3)CC2)cc1.O=C(NC(=O)c1ccc(-c2ccccc2)cc1)Nc1cccc(NC(=O)c2ccccc2)c1. The van der Waals surface area contributed by atoms with Crippen molar-refractivity contribution in [1.82, 2.24) is 20.4 Å². The number of nitrogens with one attached hydrogen (secondary N) is 4. The fourth-order valence-electron chi connectivity index (χ4n) is 13.8. The number of Topliss-reactive ketones (excluding diaryl/α,β-unsaturated/α-hetero) is 2. The van der Waals surface area contributed by atoms with Crippen LogP contribution in [-0.4, -0.2) is 96.1 Å². The number of benzene rings is 11. The second kappa shape index (κ2) is 40.9. The van der Waals surface area contributed by atoms with Gasteiger partial charge in [0, 0.05) is 97.7 Å². The molecule has 0 spiro atoms. The van der Waals surface area contributed by atoms with Crippen LogP contribution in [0.1, 0.15) is 143 Å². The normalized spacial score (nSPS) is 13.3. The summed E-state index contributed by atoms with van der Waals surface area (Å²) in [5, 5.41) is 13.2. The zero-order chi connectivity index (χ0) is 79.4. The number of hydrogen-bond donors (Lipinski definition) is 4. The molecule has 0 aliphatic carbocycles. The number of halogens is 2. The van der Waals surface area contributed by atoms with Crippen LogP contribution in [-0.2, 0) is 24.2 Å². The summed E-state index contributed by atoms with van der Waals surface area (Å²) in [6, 6.07) is 82.5. The Kier molecular flexibility index (Phi) is 29.5. The standard InChI is InChI=1S/C27H21N3O3.C25H24N2O.C22H24F2N2O2.C22H27NO/c31-25(21-10-5-2-6-11-21)28-23-12-7-13-24(18-23)29-27(33)30-26(32)22-16-14-20(15-17-22)19-8-3-1-4-9-19;1-18-9-12-22(13-10-18)25(28)27-24-16-20(17-26-24)6-4-5-19-11-14-21-7-2-3-8-23(21)15-19;1-3-6-21(27)17-14-19(24)20(13-15(17)2)25-9-11-26(12-10-25)22(28)16-7-4-5-8-18(16)23;1-18-7-9-19(10-8-18)11-12-22(24)21-13-15-23(16-14-21)17-20-5-3-2-4-6-20/h1-18H,(H,28,31)(H2,29,30,32,33);2-3,7-15,17H,4-6,16H2,1H3,(H,26,27,28);4-5,7-8,13-14H,3,6,9-12H2,1-2H3;2-10,21H,11-17H2,1H3. The molecule has 17 heteroatoms. The molecule has 0 radical (unpaired) electrons. The predicted molar refractivity (Wildman–Crippen MR) is 449 cm³/mol. The topological polar surface area (TPSA) is 190 Å². The third kappa shape index (κ3) is 24.2. The van der Waals surface area contributed by atoms with Crippen molar-refractivity contribution in [3.63, 3.8) is 0 Å². The van der Waals surface area contributed by atoms with Crippen LogP contribution in [0.3, 0.4) is 0 Å². The Hall–Kier alpha value is -12.6. The van der Waals surface area contributed by atoms with Crippen molar-refractivity contribution >= 4 is 74.9 Å². The van der Waals surface area contributed by atoms with Crippen molar-refractivity contribution in [2.75, 3.05) is 54.8 Å². The van der Waals surface area contributed by atoms with Crippen LogP contribution in [0.5, 0.6) is 0 Å². The summed E-state index contributed by atoms with van der Waals surface area (Å²) in [5.74, 6) is -0.774. The van der Waals surface area contributed by atoms with E-state index in [0.29, 0.717) is 84.1 Å². The lowest BCUT2D eigenvalue weighted by Crippen LogP contribution is -2.49. The number of likely N-dealkylation sites (tertiary alicyclic amines) is 1. The number of amides is 6. The number of fused-ring (bicyclic) bond motifs is 1. The molecule has 0 unspecified atom stereocenters. The lowest BCUT2D eigenvalue weighted by atomic mass is 9.89. The molecule has 0 aromatic heterocycles. The van der Waals surface area contributed by atoms with Gasteiger partial charge in [0.15, 0.2) is 5.78 Å². The number of carbonyl (C=O) groups excluding carboxylic acids is 7. The number of imide groups is 1. The molecule has 15 nitrogen and oxygen atoms in total. The minimum atomic E-state index is -0.668. The summed E-state index contributed by atoms with van der Waals surface area (Å²) in [6.45, 7) is 12.6. The highest BCUT2D eigenvalue weighted by atomic mass is 19.1. The van der Waals surface area contributed by atoms with Gasteiger partial charge in [-0.1, -0.05) is 206 Å². The monoisotopic (exact) mass is 1510 g/mol. The van der Waals surface area contributed by atoms with Gasteiger partial charge in [-0.25, -0.2) is 18.6 Å². The van der Waals surface area contributed by atoms with Gasteiger partial charge in [-0.15, -0.1) is 0 Å². The summed E-state index contributed by atoms with van der Waals surface area (Å²) < 4.78 is 28.5. The number of piperazine rings is 1. The number of aryl methyl sites for hydroxylation is 5. The van der Waals surface area contributed by atoms with Gasteiger partial charge in [0.1, 0.15) is 23.3 Å². The number of piperidine rings is 1. The largest absolute Gasteiger partial charge is 0.366 e. The Morgan fingerprint density at radius 2 is 1.04 bits per heavy atom. The number of rotatable bonds is 21. The Morgan fingerprint density at radius 1 is 0.460 bits per heavy atom. The summed E-state index contributed by atoms with van der Waals surface area (Å²) in [7, 11) is 0. The Balaban J connectivity index is 0.000000150. The third-order valence-corrected chi connectivity index (χ3v) is 20.2. The Bertz CT molecular complexity index is 5140. The molecule has 3 heterocycles. The molecule has 576 valence electrons. The van der Waals surface area contributed by atoms with Crippen LogP contribution >= 0.6 is 0 Å². The Labute approximate surface area is 660 Å². The molecule has 2 fully saturated rings. The molecule has 0 bridgehead atoms. The van der Waals surface area contributed by atoms with E-state index in [9.17, 15) is 42.3 Å². The van der Waals surface area contributed by atoms with Crippen molar-refractivity contribution in [2.24, 2.45) is 10.9 Å². The first-order valence-electron chi connectivity index (χ1n) is 38.7. The van der Waals surface area contributed by atoms with Gasteiger partial charge in [-0.2, -0.15) is 0 Å². The van der Waals surface area contributed by atoms with Crippen LogP contribution in [0.4, 0.5) is 30.6 Å². The van der Waals surface area contributed by atoms with Crippen molar-refractivity contribution < 1.29 is 42.3 Å². The van der Waals surface area contributed by atoms with Crippen LogP contribution in [0, 0.1) is 38.3 Å². The maximum absolute atomic E-state index is 14.7. The number of amidine groups is 1. The van der Waals surface area contributed by atoms with E-state index >= 15 is 0 Å². The number of ketones is 2. The molecule has 11 aromatic carbocycles. The minimum Gasteiger partial charge on any atom is -0.366 e. The molecule has 113 heavy (non-hydrogen) atoms. The second-order valence-corrected chi connectivity index (χ2v) is 28.7. The molecular formula is C96H96F2N8O7. The highest BCUT2D eigenvalue weighted by Crippen LogP contribution is 2.29. The summed E-state index contributed by atoms with van der Waals surface area (Å²) in [4.78, 5) is 96.8. The van der Waals surface area contributed by atoms with Crippen molar-refractivity contribution in [1.29, 1.82) is 0 Å². The van der Waals surface area contributed by atoms with E-state index in [2.05, 4.69) is 135 Å². The van der Waals surface area contributed by atoms with Gasteiger partial charge >= 0.3 is 6.03 Å². The average Bonchev–Trinajstić information content (AvgIpc) is 1.20. The van der Waals surface area contributed by atoms with Gasteiger partial charge in [-0.3, -0.25) is 39.0 Å². The maximum atomic E-state index is 14.7. The van der Waals surface area contributed by atoms with Crippen molar-refractivity contribution in [3.05, 3.63) is 352 Å². The lowest BCUT2D eigenvalue weighted by Gasteiger charge is -2.36. The third-order valence-electron chi connectivity index (χ3n) is 20.2. The van der Waals surface area contributed by atoms with Gasteiger partial charge < -0.3 is 25.8 Å². The molecule has 0 atom stereocenters. The molecule has 3 aliphatic rings. The fraction of sp³-hybridized carbons (Fsp3) is 0.229. The van der Waals surface area contributed by atoms with Crippen LogP contribution < -0.4 is 26.2 Å². The maximum Gasteiger partial charge on any atom is 0.326 e. The Morgan fingerprint density at radius 3 is 1.72 bits per heavy atom. The van der Waals surface area contributed by atoms with Gasteiger partial charge in [0.25, 0.3) is 23.6 Å². The van der Waals surface area contributed by atoms with Crippen LogP contribution in [0.2, 0.25) is 0 Å². The zero-order valence-electron chi connectivity index (χ0n) is 64.5. The van der Waals surface area contributed by atoms with E-state index in [0.717, 1.165) is 99.1 Å². The highest BCUT2D eigenvalue weighted by molar-refractivity contribution is 6.09. The first kappa shape index (κ1) is 81.4. The lowest BCUT2D eigenvalue weighted by molar-refractivity contribution is -0.124. The molecule has 0 saturated carbocycles. The molecule has 14 rings (SSSR count). The molecule has 4 N–H and O–H groups in total. The number of carbonyl (C=O) groups is 7. The van der Waals surface area contributed by atoms with E-state index in [1.165, 1.54) is 56.8 Å². The molecule has 2 saturated heterocycles. The van der Waals surface area contributed by atoms with E-state index in [4.69, 9.17) is 0 Å². The smallest absolute Gasteiger partial charge is 0.326 e. The van der Waals surface area contributed by atoms with Crippen LogP contribution in [0.15, 0.2) is 284 Å². The number of anilines is 3. The quantitative estimate of drug-likeness (QED) is 0.0507. The average molecular weight is 1510 g/mol. The highest BCUT2D eigenvalue weighted by Gasteiger charge is 2.28. The zero-order valence-corrected chi connectivity index (χ0v) is 64.5. The number of urea groups is 1. The molecule has 3 aliphatic heterocycles. The van der Waals surface area contributed by atoms with Crippen molar-refractivity contribution in [2.45, 2.75) is 98.4 Å². The van der Waals surface area contributed by atoms with Gasteiger partial charge in [-0.05, 0) is 207 Å². The number of nitrogens with zero attached hydrogens (tertiary/aromatic N) is 4. The van der Waals surface area contributed by atoms with E-state index in [1.807, 2.05) is 105 Å². The first-order valence-corrected chi connectivity index (χ1v) is 38.7. The molecular weight excluding hydrogens is 1420 g/mol. The summed E-state index contributed by atoms with van der Waals surface area (Å²) in [5.41, 5.74) is 13.9. The molecule has 11 aromatic rings. The fourth-order valence-corrected chi connectivity index (χ4v) is 13.8. The van der Waals surface area contributed by atoms with E-state index < -0.39 is 23.6 Å². The minimum absolute atomic E-state index is 0.0502. The summed E-state index contributed by atoms with van der Waals surface area (Å²) >= 11 is 0. The molecule has 6 amide bonds. The summed E-state index contributed by atoms with van der Waals surface area (Å²) in [6.07, 6.45) is 10.5. The number of aliphatic imine (C=N–C) groups is 1. The number of hydrogen-bond acceptors (Lipinski definition) is 10. The van der Waals surface area contributed by atoms with Gasteiger partial charge in [0.2, 0.25) is 0 Å².